The lowest BCUT2D eigenvalue weighted by Gasteiger charge is -2.27. The summed E-state index contributed by atoms with van der Waals surface area (Å²) >= 11 is 0. The van der Waals surface area contributed by atoms with E-state index in [-0.39, 0.29) is 16.0 Å². The second-order valence-electron chi connectivity index (χ2n) is 7.41. The van der Waals surface area contributed by atoms with E-state index < -0.39 is 0 Å². The summed E-state index contributed by atoms with van der Waals surface area (Å²) in [6.07, 6.45) is 5.41. The highest BCUT2D eigenvalue weighted by Crippen LogP contribution is 2.39. The predicted molar refractivity (Wildman–Crippen MR) is 123 cm³/mol. The number of pyridine rings is 1. The second kappa shape index (κ2) is 7.19. The van der Waals surface area contributed by atoms with Crippen molar-refractivity contribution in [3.8, 4) is 17.1 Å². The van der Waals surface area contributed by atoms with E-state index in [0.717, 1.165) is 22.5 Å². The summed E-state index contributed by atoms with van der Waals surface area (Å²) < 4.78 is 7.85. The fraction of sp³-hybridized carbons (Fsp3) is 0.312. The van der Waals surface area contributed by atoms with Crippen molar-refractivity contribution in [1.29, 1.82) is 0 Å². The van der Waals surface area contributed by atoms with Crippen molar-refractivity contribution in [2.45, 2.75) is 29.8 Å². The summed E-state index contributed by atoms with van der Waals surface area (Å²) in [6.45, 7) is 4.13. The fourth-order valence-corrected chi connectivity index (χ4v) is 2.92. The summed E-state index contributed by atoms with van der Waals surface area (Å²) in [6, 6.07) is 5.92. The molecule has 3 heterocycles. The van der Waals surface area contributed by atoms with Crippen LogP contribution in [0.2, 0.25) is 0 Å². The molecule has 4 atom stereocenters. The van der Waals surface area contributed by atoms with Gasteiger partial charge in [-0.15, -0.1) is 27.7 Å². The Morgan fingerprint density at radius 2 is 1.81 bits per heavy atom. The van der Waals surface area contributed by atoms with Gasteiger partial charge in [0.1, 0.15) is 28.3 Å². The van der Waals surface area contributed by atoms with Crippen LogP contribution in [0, 0.1) is 0 Å². The largest absolute Gasteiger partial charge is 0.475 e. The van der Waals surface area contributed by atoms with E-state index in [1.165, 1.54) is 0 Å². The lowest BCUT2D eigenvalue weighted by atomic mass is 9.66. The van der Waals surface area contributed by atoms with Crippen molar-refractivity contribution < 1.29 is 4.74 Å². The zero-order chi connectivity index (χ0) is 19.1. The van der Waals surface area contributed by atoms with E-state index >= 15 is 0 Å². The van der Waals surface area contributed by atoms with E-state index in [2.05, 4.69) is 65.3 Å². The molecule has 0 saturated carbocycles. The Kier molecular flexibility index (Phi) is 5.46. The van der Waals surface area contributed by atoms with Gasteiger partial charge < -0.3 is 4.74 Å². The Morgan fingerprint density at radius 1 is 1.12 bits per heavy atom. The van der Waals surface area contributed by atoms with Crippen LogP contribution in [0.5, 0.6) is 5.88 Å². The van der Waals surface area contributed by atoms with Gasteiger partial charge in [0.2, 0.25) is 5.88 Å². The van der Waals surface area contributed by atoms with Crippen molar-refractivity contribution in [2.24, 2.45) is 0 Å². The highest BCUT2D eigenvalue weighted by Gasteiger charge is 2.23. The van der Waals surface area contributed by atoms with Gasteiger partial charge in [-0.1, -0.05) is 0 Å². The van der Waals surface area contributed by atoms with Gasteiger partial charge in [0.25, 0.3) is 0 Å². The molecule has 0 bridgehead atoms. The smallest absolute Gasteiger partial charge is 0.213 e. The number of aromatic nitrogens is 4. The normalized spacial score (nSPS) is 13.7. The van der Waals surface area contributed by atoms with Crippen molar-refractivity contribution in [1.82, 2.24) is 19.4 Å². The molecular weight excluding hydrogens is 379 g/mol. The summed E-state index contributed by atoms with van der Waals surface area (Å²) in [4.78, 5) is 13.3. The first-order valence-corrected chi connectivity index (χ1v) is 10.1. The van der Waals surface area contributed by atoms with E-state index in [1.807, 2.05) is 29.5 Å². The summed E-state index contributed by atoms with van der Waals surface area (Å²) in [5.41, 5.74) is 3.82. The summed E-state index contributed by atoms with van der Waals surface area (Å²) in [5.74, 6) is 0.616. The summed E-state index contributed by atoms with van der Waals surface area (Å²) in [7, 11) is 12.6. The monoisotopic (exact) mass is 402 g/mol. The summed E-state index contributed by atoms with van der Waals surface area (Å²) in [5, 5.41) is 0. The molecule has 3 aromatic heterocycles. The number of fused-ring (bicyclic) bond motifs is 1. The number of imidazole rings is 1. The van der Waals surface area contributed by atoms with Crippen molar-refractivity contribution in [3.05, 3.63) is 42.7 Å². The molecule has 0 saturated heterocycles. The van der Waals surface area contributed by atoms with Crippen LogP contribution in [0.15, 0.2) is 37.1 Å². The molecule has 5 nitrogen and oxygen atoms in total. The van der Waals surface area contributed by atoms with E-state index in [1.54, 1.807) is 18.9 Å². The van der Waals surface area contributed by atoms with Gasteiger partial charge in [-0.2, -0.15) is 0 Å². The molecule has 0 fully saturated rings. The topological polar surface area (TPSA) is 52.3 Å². The van der Waals surface area contributed by atoms with Gasteiger partial charge in [0.15, 0.2) is 0 Å². The Labute approximate surface area is 162 Å². The van der Waals surface area contributed by atoms with Crippen LogP contribution in [0.3, 0.4) is 0 Å². The minimum atomic E-state index is -0.190. The first kappa shape index (κ1) is 19.7. The highest BCUT2D eigenvalue weighted by molar-refractivity contribution is 7.38. The molecule has 0 amide bonds. The molecule has 0 aliphatic rings. The molecule has 0 N–H and O–H groups in total. The molecule has 0 aliphatic heterocycles. The Balaban J connectivity index is 1.90. The SMILES string of the molecule is BC(B)(P)C(C)Oc1ccc(-c2cc3c(C(C)(P)P)ncn3cn2)cn1. The average Bonchev–Trinajstić information content (AvgIpc) is 2.98. The third kappa shape index (κ3) is 4.28. The average molecular weight is 402 g/mol. The minimum absolute atomic E-state index is 0.0195. The number of hydrogen-bond donors (Lipinski definition) is 0. The molecular formula is C16H23B2N4OP3. The van der Waals surface area contributed by atoms with Gasteiger partial charge >= 0.3 is 0 Å². The van der Waals surface area contributed by atoms with Crippen LogP contribution in [0.1, 0.15) is 19.5 Å². The minimum Gasteiger partial charge on any atom is -0.475 e. The Hall–Kier alpha value is -1.01. The van der Waals surface area contributed by atoms with Gasteiger partial charge in [-0.25, -0.2) is 15.0 Å². The van der Waals surface area contributed by atoms with E-state index in [0.29, 0.717) is 5.88 Å². The number of hydrogen-bond acceptors (Lipinski definition) is 4. The standard InChI is InChI=1S/C16H23B2N4OP3/c1-9(16(17,18)26)23-13-4-3-10(6-19-13)11-5-12-14(15(2,24)25)21-8-22(12)7-20-11/h3-9H,17-18,24-26H2,1-2H3. The van der Waals surface area contributed by atoms with Crippen LogP contribution >= 0.6 is 27.7 Å². The molecule has 26 heavy (non-hydrogen) atoms. The maximum Gasteiger partial charge on any atom is 0.213 e. The quantitative estimate of drug-likeness (QED) is 0.477. The molecule has 3 aromatic rings. The van der Waals surface area contributed by atoms with Crippen molar-refractivity contribution in [3.63, 3.8) is 0 Å². The number of nitrogens with zero attached hydrogens (tertiary/aromatic N) is 4. The Bertz CT molecular complexity index is 920. The van der Waals surface area contributed by atoms with Crippen molar-refractivity contribution in [2.75, 3.05) is 0 Å². The predicted octanol–water partition coefficient (Wildman–Crippen LogP) is 1.28. The van der Waals surface area contributed by atoms with Gasteiger partial charge in [-0.3, -0.25) is 4.40 Å². The Morgan fingerprint density at radius 3 is 2.38 bits per heavy atom. The molecule has 0 radical (unpaired) electrons. The molecule has 0 aromatic carbocycles. The molecule has 134 valence electrons. The maximum atomic E-state index is 5.92. The highest BCUT2D eigenvalue weighted by atomic mass is 31.1. The fourth-order valence-electron chi connectivity index (χ4n) is 2.40. The van der Waals surface area contributed by atoms with Crippen LogP contribution < -0.4 is 4.74 Å². The van der Waals surface area contributed by atoms with Crippen LogP contribution in [0.25, 0.3) is 16.8 Å². The second-order valence-corrected chi connectivity index (χ2v) is 12.0. The lowest BCUT2D eigenvalue weighted by Crippen LogP contribution is -2.39. The van der Waals surface area contributed by atoms with Gasteiger partial charge in [-0.05, 0) is 30.9 Å². The third-order valence-electron chi connectivity index (χ3n) is 4.31. The van der Waals surface area contributed by atoms with Crippen LogP contribution in [-0.4, -0.2) is 46.1 Å². The number of rotatable bonds is 5. The van der Waals surface area contributed by atoms with Gasteiger partial charge in [0, 0.05) is 22.7 Å². The van der Waals surface area contributed by atoms with E-state index in [4.69, 9.17) is 4.74 Å². The van der Waals surface area contributed by atoms with E-state index in [9.17, 15) is 0 Å². The zero-order valence-corrected chi connectivity index (χ0v) is 18.9. The molecule has 0 aliphatic carbocycles. The van der Waals surface area contributed by atoms with Gasteiger partial charge in [0.05, 0.1) is 23.0 Å². The first-order chi connectivity index (χ1) is 12.1. The van der Waals surface area contributed by atoms with Crippen LogP contribution in [0.4, 0.5) is 0 Å². The third-order valence-corrected chi connectivity index (χ3v) is 5.33. The molecule has 0 spiro atoms. The lowest BCUT2D eigenvalue weighted by molar-refractivity contribution is 0.218. The maximum absolute atomic E-state index is 5.92. The first-order valence-electron chi connectivity index (χ1n) is 8.38. The molecule has 3 rings (SSSR count). The number of ether oxygens (including phenoxy) is 1. The van der Waals surface area contributed by atoms with Crippen LogP contribution in [-0.2, 0) is 4.90 Å². The zero-order valence-electron chi connectivity index (χ0n) is 15.5. The van der Waals surface area contributed by atoms with Crippen molar-refractivity contribution >= 4 is 48.9 Å². The molecule has 10 heteroatoms. The molecule has 4 unspecified atom stereocenters.